The summed E-state index contributed by atoms with van der Waals surface area (Å²) in [7, 11) is 0. The van der Waals surface area contributed by atoms with Crippen LogP contribution in [0.3, 0.4) is 0 Å². The minimum absolute atomic E-state index is 0.0389. The molecule has 1 aliphatic heterocycles. The first-order chi connectivity index (χ1) is 8.52. The van der Waals surface area contributed by atoms with Gasteiger partial charge in [0.15, 0.2) is 5.78 Å². The van der Waals surface area contributed by atoms with E-state index < -0.39 is 5.38 Å². The Balaban J connectivity index is 2.55. The highest BCUT2D eigenvalue weighted by molar-refractivity contribution is 6.34. The molecule has 1 aliphatic rings. The summed E-state index contributed by atoms with van der Waals surface area (Å²) in [5, 5.41) is 2.21. The lowest BCUT2D eigenvalue weighted by Crippen LogP contribution is -2.23. The molecule has 1 heterocycles. The van der Waals surface area contributed by atoms with Crippen LogP contribution in [-0.4, -0.2) is 17.1 Å². The van der Waals surface area contributed by atoms with Crippen molar-refractivity contribution in [2.45, 2.75) is 38.5 Å². The molecule has 0 radical (unpaired) electrons. The Morgan fingerprint density at radius 3 is 2.78 bits per heavy atom. The monoisotopic (exact) mass is 265 g/mol. The number of anilines is 1. The summed E-state index contributed by atoms with van der Waals surface area (Å²) in [6.45, 7) is 3.70. The Morgan fingerprint density at radius 1 is 1.44 bits per heavy atom. The largest absolute Gasteiger partial charge is 0.325 e. The normalized spacial score (nSPS) is 15.8. The first-order valence-corrected chi connectivity index (χ1v) is 6.60. The van der Waals surface area contributed by atoms with Crippen LogP contribution in [0, 0.1) is 0 Å². The molecule has 0 fully saturated rings. The van der Waals surface area contributed by atoms with Gasteiger partial charge < -0.3 is 5.32 Å². The molecule has 0 bridgehead atoms. The number of hydrogen-bond acceptors (Lipinski definition) is 2. The maximum Gasteiger partial charge on any atom is 0.224 e. The molecule has 96 valence electrons. The molecule has 4 heteroatoms. The standard InChI is InChI=1S/C14H16ClNO2/c1-3-9-6-10-4-5-12(17)16-13(10)11(7-9)14(18)8(2)15/h6-8H,3-5H2,1-2H3,(H,16,17). The van der Waals surface area contributed by atoms with Crippen molar-refractivity contribution in [2.24, 2.45) is 0 Å². The van der Waals surface area contributed by atoms with E-state index in [-0.39, 0.29) is 11.7 Å². The van der Waals surface area contributed by atoms with Gasteiger partial charge in [0.2, 0.25) is 5.91 Å². The molecule has 0 saturated carbocycles. The van der Waals surface area contributed by atoms with E-state index >= 15 is 0 Å². The van der Waals surface area contributed by atoms with Crippen molar-refractivity contribution in [3.8, 4) is 0 Å². The molecule has 0 spiro atoms. The number of Topliss-reactive ketones (excluding diaryl/α,β-unsaturated/α-hetero) is 1. The second-order valence-corrected chi connectivity index (χ2v) is 5.21. The van der Waals surface area contributed by atoms with Crippen LogP contribution in [0.5, 0.6) is 0 Å². The average Bonchev–Trinajstić information content (AvgIpc) is 2.36. The van der Waals surface area contributed by atoms with Crippen LogP contribution in [0.4, 0.5) is 5.69 Å². The molecule has 1 atom stereocenters. The Labute approximate surface area is 112 Å². The maximum atomic E-state index is 12.1. The van der Waals surface area contributed by atoms with E-state index in [0.29, 0.717) is 24.1 Å². The highest BCUT2D eigenvalue weighted by atomic mass is 35.5. The minimum Gasteiger partial charge on any atom is -0.325 e. The number of hydrogen-bond donors (Lipinski definition) is 1. The number of benzene rings is 1. The zero-order valence-corrected chi connectivity index (χ0v) is 11.3. The summed E-state index contributed by atoms with van der Waals surface area (Å²) < 4.78 is 0. The molecule has 18 heavy (non-hydrogen) atoms. The van der Waals surface area contributed by atoms with E-state index in [0.717, 1.165) is 17.5 Å². The number of amides is 1. The lowest BCUT2D eigenvalue weighted by atomic mass is 9.93. The topological polar surface area (TPSA) is 46.2 Å². The molecule has 1 amide bonds. The number of nitrogens with one attached hydrogen (secondary N) is 1. The number of carbonyl (C=O) groups is 2. The van der Waals surface area contributed by atoms with Crippen LogP contribution in [-0.2, 0) is 17.6 Å². The van der Waals surface area contributed by atoms with E-state index in [1.54, 1.807) is 6.92 Å². The van der Waals surface area contributed by atoms with Crippen LogP contribution >= 0.6 is 11.6 Å². The highest BCUT2D eigenvalue weighted by Gasteiger charge is 2.24. The zero-order chi connectivity index (χ0) is 13.3. The third-order valence-corrected chi connectivity index (χ3v) is 3.40. The second kappa shape index (κ2) is 5.11. The lowest BCUT2D eigenvalue weighted by Gasteiger charge is -2.21. The fraction of sp³-hybridized carbons (Fsp3) is 0.429. The molecule has 1 unspecified atom stereocenters. The summed E-state index contributed by atoms with van der Waals surface area (Å²) in [6, 6.07) is 3.90. The summed E-state index contributed by atoms with van der Waals surface area (Å²) in [4.78, 5) is 23.6. The van der Waals surface area contributed by atoms with Crippen LogP contribution < -0.4 is 5.32 Å². The van der Waals surface area contributed by atoms with Crippen molar-refractivity contribution in [3.63, 3.8) is 0 Å². The number of ketones is 1. The van der Waals surface area contributed by atoms with Gasteiger partial charge in [-0.25, -0.2) is 0 Å². The second-order valence-electron chi connectivity index (χ2n) is 4.56. The first-order valence-electron chi connectivity index (χ1n) is 6.16. The van der Waals surface area contributed by atoms with Crippen LogP contribution in [0.1, 0.15) is 41.8 Å². The Morgan fingerprint density at radius 2 is 2.17 bits per heavy atom. The lowest BCUT2D eigenvalue weighted by molar-refractivity contribution is -0.116. The van der Waals surface area contributed by atoms with Gasteiger partial charge in [0.05, 0.1) is 11.1 Å². The van der Waals surface area contributed by atoms with E-state index in [1.165, 1.54) is 0 Å². The fourth-order valence-electron chi connectivity index (χ4n) is 2.18. The summed E-state index contributed by atoms with van der Waals surface area (Å²) in [6.07, 6.45) is 2.02. The van der Waals surface area contributed by atoms with Gasteiger partial charge in [-0.05, 0) is 37.0 Å². The summed E-state index contributed by atoms with van der Waals surface area (Å²) >= 11 is 5.87. The Hall–Kier alpha value is -1.35. The Kier molecular flexibility index (Phi) is 3.71. The van der Waals surface area contributed by atoms with Gasteiger partial charge in [0.1, 0.15) is 0 Å². The molecular weight excluding hydrogens is 250 g/mol. The number of alkyl halides is 1. The van der Waals surface area contributed by atoms with Gasteiger partial charge in [-0.2, -0.15) is 0 Å². The molecule has 3 nitrogen and oxygen atoms in total. The number of fused-ring (bicyclic) bond motifs is 1. The minimum atomic E-state index is -0.583. The molecule has 0 aromatic heterocycles. The van der Waals surface area contributed by atoms with E-state index in [2.05, 4.69) is 11.4 Å². The molecule has 0 saturated heterocycles. The van der Waals surface area contributed by atoms with Gasteiger partial charge >= 0.3 is 0 Å². The molecule has 2 rings (SSSR count). The summed E-state index contributed by atoms with van der Waals surface area (Å²) in [5.41, 5.74) is 3.33. The van der Waals surface area contributed by atoms with E-state index in [4.69, 9.17) is 11.6 Å². The third-order valence-electron chi connectivity index (χ3n) is 3.20. The van der Waals surface area contributed by atoms with Gasteiger partial charge in [-0.1, -0.05) is 13.0 Å². The molecule has 1 aromatic rings. The summed E-state index contributed by atoms with van der Waals surface area (Å²) in [5.74, 6) is -0.173. The van der Waals surface area contributed by atoms with E-state index in [9.17, 15) is 9.59 Å². The molecule has 1 N–H and O–H groups in total. The highest BCUT2D eigenvalue weighted by Crippen LogP contribution is 2.30. The first kappa shape index (κ1) is 13.1. The van der Waals surface area contributed by atoms with Gasteiger partial charge in [-0.3, -0.25) is 9.59 Å². The van der Waals surface area contributed by atoms with Gasteiger partial charge in [-0.15, -0.1) is 11.6 Å². The van der Waals surface area contributed by atoms with Crippen LogP contribution in [0.2, 0.25) is 0 Å². The van der Waals surface area contributed by atoms with Gasteiger partial charge in [0, 0.05) is 12.0 Å². The molecular formula is C14H16ClNO2. The number of aryl methyl sites for hydroxylation is 2. The third kappa shape index (κ3) is 2.41. The van der Waals surface area contributed by atoms with Crippen molar-refractivity contribution in [3.05, 3.63) is 28.8 Å². The zero-order valence-electron chi connectivity index (χ0n) is 10.5. The fourth-order valence-corrected chi connectivity index (χ4v) is 2.29. The number of rotatable bonds is 3. The average molecular weight is 266 g/mol. The smallest absolute Gasteiger partial charge is 0.224 e. The Bertz CT molecular complexity index is 509. The van der Waals surface area contributed by atoms with Crippen molar-refractivity contribution < 1.29 is 9.59 Å². The maximum absolute atomic E-state index is 12.1. The SMILES string of the molecule is CCc1cc2c(c(C(=O)C(C)Cl)c1)NC(=O)CC2. The van der Waals surface area contributed by atoms with Gasteiger partial charge in [0.25, 0.3) is 0 Å². The van der Waals surface area contributed by atoms with Crippen molar-refractivity contribution in [1.29, 1.82) is 0 Å². The quantitative estimate of drug-likeness (QED) is 0.675. The number of halogens is 1. The van der Waals surface area contributed by atoms with Crippen molar-refractivity contribution in [1.82, 2.24) is 0 Å². The predicted molar refractivity (Wildman–Crippen MR) is 72.4 cm³/mol. The van der Waals surface area contributed by atoms with Crippen LogP contribution in [0.15, 0.2) is 12.1 Å². The van der Waals surface area contributed by atoms with Crippen LogP contribution in [0.25, 0.3) is 0 Å². The van der Waals surface area contributed by atoms with E-state index in [1.807, 2.05) is 13.0 Å². The molecule has 0 aliphatic carbocycles. The number of carbonyl (C=O) groups excluding carboxylic acids is 2. The predicted octanol–water partition coefficient (Wildman–Crippen LogP) is 2.94. The molecule has 1 aromatic carbocycles. The van der Waals surface area contributed by atoms with Crippen molar-refractivity contribution in [2.75, 3.05) is 5.32 Å². The van der Waals surface area contributed by atoms with Crippen molar-refractivity contribution >= 4 is 29.0 Å².